The zero-order valence-electron chi connectivity index (χ0n) is 19.9. The summed E-state index contributed by atoms with van der Waals surface area (Å²) in [6.45, 7) is 2.80. The molecule has 4 fully saturated rings. The molecule has 0 aromatic carbocycles. The van der Waals surface area contributed by atoms with Crippen molar-refractivity contribution in [1.82, 2.24) is 29.8 Å². The molecule has 10 nitrogen and oxygen atoms in total. The molecule has 0 spiro atoms. The molecule has 4 heterocycles. The number of likely N-dealkylation sites (N-methyl/N-ethyl adjacent to an activating group) is 1. The second kappa shape index (κ2) is 9.11. The van der Waals surface area contributed by atoms with E-state index in [4.69, 9.17) is 11.6 Å². The van der Waals surface area contributed by atoms with Crippen molar-refractivity contribution in [1.29, 1.82) is 0 Å². The molecule has 1 aliphatic heterocycles. The molecule has 190 valence electrons. The molecule has 2 bridgehead atoms. The number of fused-ring (bicyclic) bond motifs is 4. The molecule has 0 amide bonds. The Bertz CT molecular complexity index is 1300. The number of aromatic amines is 1. The minimum absolute atomic E-state index is 0.0297. The van der Waals surface area contributed by atoms with Gasteiger partial charge >= 0.3 is 5.97 Å². The van der Waals surface area contributed by atoms with Crippen LogP contribution in [-0.4, -0.2) is 80.2 Å². The number of aromatic nitrogens is 5. The van der Waals surface area contributed by atoms with Crippen molar-refractivity contribution in [2.45, 2.75) is 31.7 Å². The summed E-state index contributed by atoms with van der Waals surface area (Å²) in [6.07, 6.45) is 6.81. The number of carbonyl (C=O) groups is 1. The highest BCUT2D eigenvalue weighted by Gasteiger charge is 2.47. The molecule has 3 aliphatic carbocycles. The van der Waals surface area contributed by atoms with Gasteiger partial charge in [-0.3, -0.25) is 4.79 Å². The molecule has 3 aromatic heterocycles. The molecule has 7 rings (SSSR count). The first kappa shape index (κ1) is 23.4. The van der Waals surface area contributed by atoms with Crippen LogP contribution in [0.1, 0.15) is 25.7 Å². The molecule has 2 atom stereocenters. The van der Waals surface area contributed by atoms with Gasteiger partial charge in [-0.1, -0.05) is 11.6 Å². The molecule has 3 aromatic rings. The summed E-state index contributed by atoms with van der Waals surface area (Å²) >= 11 is 6.10. The predicted molar refractivity (Wildman–Crippen MR) is 134 cm³/mol. The molecule has 12 heteroatoms. The standard InChI is InChI=1S/C24H28ClFN8O2/c1-33-6-8-34(9-7-33)23-17(26)21(30-18-13-4-2-12(3-5-13)16(18)24(35)36)31-20(32-23)14-10-27-22-19(14)29-15(25)11-28-22/h10-13,16,18H,2-9H2,1H3,(H,27,28)(H,35,36)(H,30,31,32)/t12?,13?,16-,18-/m0/s1. The van der Waals surface area contributed by atoms with Gasteiger partial charge in [0.25, 0.3) is 0 Å². The van der Waals surface area contributed by atoms with Crippen LogP contribution in [0.4, 0.5) is 16.0 Å². The fraction of sp³-hybridized carbons (Fsp3) is 0.542. The minimum Gasteiger partial charge on any atom is -0.481 e. The number of H-pyrrole nitrogens is 1. The Hall–Kier alpha value is -3.05. The summed E-state index contributed by atoms with van der Waals surface area (Å²) in [5.74, 6) is -1.19. The Balaban J connectivity index is 1.45. The SMILES string of the molecule is CN1CCN(c2nc(-c3c[nH]c4ncc(Cl)nc34)nc(N[C@H]3C4CCC(CC4)[C@@H]3C(=O)O)c2F)CC1. The lowest BCUT2D eigenvalue weighted by atomic mass is 9.61. The summed E-state index contributed by atoms with van der Waals surface area (Å²) in [5, 5.41) is 13.5. The van der Waals surface area contributed by atoms with Crippen molar-refractivity contribution in [2.75, 3.05) is 43.4 Å². The van der Waals surface area contributed by atoms with Crippen LogP contribution in [0.15, 0.2) is 12.4 Å². The van der Waals surface area contributed by atoms with Crippen molar-refractivity contribution in [2.24, 2.45) is 17.8 Å². The van der Waals surface area contributed by atoms with Gasteiger partial charge in [-0.05, 0) is 44.6 Å². The smallest absolute Gasteiger partial charge is 0.308 e. The minimum atomic E-state index is -0.836. The Kier molecular flexibility index (Phi) is 5.91. The van der Waals surface area contributed by atoms with Crippen LogP contribution in [-0.2, 0) is 4.79 Å². The number of hydrogen-bond acceptors (Lipinski definition) is 8. The Morgan fingerprint density at radius 2 is 1.86 bits per heavy atom. The summed E-state index contributed by atoms with van der Waals surface area (Å²) in [4.78, 5) is 37.2. The average molecular weight is 515 g/mol. The Labute approximate surface area is 212 Å². The van der Waals surface area contributed by atoms with Crippen molar-refractivity contribution >= 4 is 40.4 Å². The van der Waals surface area contributed by atoms with E-state index < -0.39 is 17.7 Å². The third-order valence-corrected chi connectivity index (χ3v) is 8.22. The third-order valence-electron chi connectivity index (χ3n) is 8.04. The fourth-order valence-corrected chi connectivity index (χ4v) is 6.22. The molecule has 3 N–H and O–H groups in total. The number of carboxylic acid groups (broad SMARTS) is 1. The van der Waals surface area contributed by atoms with Gasteiger partial charge in [-0.25, -0.2) is 19.9 Å². The van der Waals surface area contributed by atoms with Gasteiger partial charge in [-0.2, -0.15) is 4.39 Å². The summed E-state index contributed by atoms with van der Waals surface area (Å²) in [6, 6.07) is -0.384. The first-order valence-electron chi connectivity index (χ1n) is 12.4. The predicted octanol–water partition coefficient (Wildman–Crippen LogP) is 3.26. The van der Waals surface area contributed by atoms with E-state index in [9.17, 15) is 9.90 Å². The maximum absolute atomic E-state index is 16.0. The van der Waals surface area contributed by atoms with E-state index in [2.05, 4.69) is 35.1 Å². The van der Waals surface area contributed by atoms with E-state index in [1.807, 2.05) is 11.9 Å². The van der Waals surface area contributed by atoms with Crippen molar-refractivity contribution in [3.63, 3.8) is 0 Å². The van der Waals surface area contributed by atoms with Crippen molar-refractivity contribution in [3.8, 4) is 11.4 Å². The summed E-state index contributed by atoms with van der Waals surface area (Å²) in [5.41, 5.74) is 1.57. The first-order valence-corrected chi connectivity index (χ1v) is 12.8. The lowest BCUT2D eigenvalue weighted by Gasteiger charge is -2.47. The van der Waals surface area contributed by atoms with Gasteiger partial charge in [0, 0.05) is 38.4 Å². The van der Waals surface area contributed by atoms with Crippen molar-refractivity contribution < 1.29 is 14.3 Å². The van der Waals surface area contributed by atoms with E-state index in [1.165, 1.54) is 6.20 Å². The number of aliphatic carboxylic acids is 1. The zero-order valence-corrected chi connectivity index (χ0v) is 20.7. The third kappa shape index (κ3) is 4.03. The van der Waals surface area contributed by atoms with Crippen LogP contribution >= 0.6 is 11.6 Å². The summed E-state index contributed by atoms with van der Waals surface area (Å²) in [7, 11) is 2.03. The van der Waals surface area contributed by atoms with E-state index in [0.29, 0.717) is 29.8 Å². The van der Waals surface area contributed by atoms with Crippen LogP contribution in [0.3, 0.4) is 0 Å². The lowest BCUT2D eigenvalue weighted by molar-refractivity contribution is -0.148. The first-order chi connectivity index (χ1) is 17.4. The van der Waals surface area contributed by atoms with Crippen LogP contribution in [0.5, 0.6) is 0 Å². The van der Waals surface area contributed by atoms with E-state index in [0.717, 1.165) is 38.8 Å². The van der Waals surface area contributed by atoms with Gasteiger partial charge in [0.15, 0.2) is 23.1 Å². The monoisotopic (exact) mass is 514 g/mol. The van der Waals surface area contributed by atoms with Crippen LogP contribution in [0, 0.1) is 23.6 Å². The topological polar surface area (TPSA) is 123 Å². The number of hydrogen-bond donors (Lipinski definition) is 3. The molecule has 1 saturated heterocycles. The Morgan fingerprint density at radius 3 is 2.58 bits per heavy atom. The molecular formula is C24H28ClFN8O2. The highest BCUT2D eigenvalue weighted by Crippen LogP contribution is 2.46. The fourth-order valence-electron chi connectivity index (χ4n) is 6.09. The quantitative estimate of drug-likeness (QED) is 0.470. The van der Waals surface area contributed by atoms with Gasteiger partial charge in [0.05, 0.1) is 17.7 Å². The number of carboxylic acids is 1. The number of anilines is 2. The molecule has 0 unspecified atom stereocenters. The van der Waals surface area contributed by atoms with Crippen molar-refractivity contribution in [3.05, 3.63) is 23.4 Å². The molecular weight excluding hydrogens is 487 g/mol. The lowest BCUT2D eigenvalue weighted by Crippen LogP contribution is -2.51. The normalized spacial score (nSPS) is 26.5. The molecule has 0 radical (unpaired) electrons. The number of nitrogens with zero attached hydrogens (tertiary/aromatic N) is 6. The number of nitrogens with one attached hydrogen (secondary N) is 2. The van der Waals surface area contributed by atoms with Gasteiger partial charge in [0.2, 0.25) is 5.82 Å². The van der Waals surface area contributed by atoms with E-state index in [-0.39, 0.29) is 40.5 Å². The molecule has 3 saturated carbocycles. The van der Waals surface area contributed by atoms with Gasteiger partial charge in [-0.15, -0.1) is 0 Å². The maximum atomic E-state index is 16.0. The van der Waals surface area contributed by atoms with E-state index >= 15 is 4.39 Å². The molecule has 36 heavy (non-hydrogen) atoms. The highest BCUT2D eigenvalue weighted by atomic mass is 35.5. The van der Waals surface area contributed by atoms with Crippen LogP contribution < -0.4 is 10.2 Å². The second-order valence-corrected chi connectivity index (χ2v) is 10.5. The average Bonchev–Trinajstić information content (AvgIpc) is 3.29. The number of piperazine rings is 1. The summed E-state index contributed by atoms with van der Waals surface area (Å²) < 4.78 is 16.0. The van der Waals surface area contributed by atoms with Crippen LogP contribution in [0.2, 0.25) is 5.15 Å². The second-order valence-electron chi connectivity index (χ2n) is 10.1. The van der Waals surface area contributed by atoms with Crippen LogP contribution in [0.25, 0.3) is 22.6 Å². The van der Waals surface area contributed by atoms with Gasteiger partial charge in [0.1, 0.15) is 10.7 Å². The number of rotatable bonds is 5. The largest absolute Gasteiger partial charge is 0.481 e. The highest BCUT2D eigenvalue weighted by molar-refractivity contribution is 6.29. The number of halogens is 2. The van der Waals surface area contributed by atoms with Gasteiger partial charge < -0.3 is 25.2 Å². The maximum Gasteiger partial charge on any atom is 0.308 e. The Morgan fingerprint density at radius 1 is 1.14 bits per heavy atom. The zero-order chi connectivity index (χ0) is 25.0. The van der Waals surface area contributed by atoms with E-state index in [1.54, 1.807) is 6.20 Å². The molecule has 4 aliphatic rings.